The fraction of sp³-hybridized carbons (Fsp3) is 1.00. The van der Waals surface area contributed by atoms with Crippen LogP contribution in [0.5, 0.6) is 0 Å². The largest absolute Gasteiger partial charge is 0.397 e. The van der Waals surface area contributed by atoms with Gasteiger partial charge in [-0.2, -0.15) is 8.42 Å². The highest BCUT2D eigenvalue weighted by atomic mass is 32.3. The Morgan fingerprint density at radius 3 is 1.45 bits per heavy atom. The maximum absolute atomic E-state index is 9.72. The Morgan fingerprint density at radius 1 is 0.850 bits per heavy atom. The first-order valence-corrected chi connectivity index (χ1v) is 7.74. The van der Waals surface area contributed by atoms with Gasteiger partial charge in [0, 0.05) is 13.2 Å². The highest BCUT2D eigenvalue weighted by Crippen LogP contribution is 1.86. The van der Waals surface area contributed by atoms with Crippen molar-refractivity contribution in [3.05, 3.63) is 0 Å². The molecule has 0 aromatic carbocycles. The van der Waals surface area contributed by atoms with E-state index < -0.39 is 10.4 Å². The van der Waals surface area contributed by atoms with E-state index >= 15 is 0 Å². The molecule has 0 bridgehead atoms. The number of hydrogen-bond donors (Lipinski definition) is 3. The zero-order chi connectivity index (χ0) is 16.3. The van der Waals surface area contributed by atoms with Crippen molar-refractivity contribution in [3.63, 3.8) is 0 Å². The predicted octanol–water partition coefficient (Wildman–Crippen LogP) is 0.246. The fourth-order valence-corrected chi connectivity index (χ4v) is 1.00. The van der Waals surface area contributed by atoms with Crippen LogP contribution in [0.3, 0.4) is 0 Å². The lowest BCUT2D eigenvalue weighted by molar-refractivity contribution is 0.0650. The van der Waals surface area contributed by atoms with Crippen LogP contribution in [-0.2, 0) is 24.1 Å². The number of aliphatic hydroxyl groups excluding tert-OH is 2. The van der Waals surface area contributed by atoms with Gasteiger partial charge in [0.15, 0.2) is 0 Å². The molecule has 126 valence electrons. The second-order valence-electron chi connectivity index (χ2n) is 3.09. The van der Waals surface area contributed by atoms with Gasteiger partial charge in [0.25, 0.3) is 0 Å². The van der Waals surface area contributed by atoms with Gasteiger partial charge in [-0.1, -0.05) is 6.92 Å². The van der Waals surface area contributed by atoms with Crippen molar-refractivity contribution in [1.82, 2.24) is 0 Å². The Morgan fingerprint density at radius 2 is 1.30 bits per heavy atom. The zero-order valence-corrected chi connectivity index (χ0v) is 13.3. The molecule has 0 aromatic rings. The Balaban J connectivity index is -0.000000223. The van der Waals surface area contributed by atoms with E-state index in [1.165, 1.54) is 0 Å². The van der Waals surface area contributed by atoms with Crippen LogP contribution in [0, 0.1) is 0 Å². The first-order chi connectivity index (χ1) is 9.39. The Labute approximate surface area is 121 Å². The molecule has 0 saturated heterocycles. The summed E-state index contributed by atoms with van der Waals surface area (Å²) in [5, 5.41) is 16.2. The van der Waals surface area contributed by atoms with Crippen LogP contribution in [0.25, 0.3) is 0 Å². The fourth-order valence-electron chi connectivity index (χ4n) is 0.624. The van der Waals surface area contributed by atoms with Crippen LogP contribution in [0.4, 0.5) is 0 Å². The van der Waals surface area contributed by atoms with Gasteiger partial charge in [-0.25, -0.2) is 4.18 Å². The molecule has 0 spiro atoms. The highest BCUT2D eigenvalue weighted by molar-refractivity contribution is 7.80. The molecule has 0 aliphatic rings. The van der Waals surface area contributed by atoms with Gasteiger partial charge in [0.05, 0.1) is 33.0 Å². The number of rotatable bonds is 9. The topological polar surface area (TPSA) is 123 Å². The van der Waals surface area contributed by atoms with E-state index in [-0.39, 0.29) is 19.8 Å². The van der Waals surface area contributed by atoms with E-state index in [2.05, 4.69) is 8.92 Å². The molecule has 0 aliphatic carbocycles. The van der Waals surface area contributed by atoms with E-state index in [0.717, 1.165) is 13.2 Å². The molecule has 0 amide bonds. The Bertz CT molecular complexity index is 237. The summed E-state index contributed by atoms with van der Waals surface area (Å²) in [6.07, 6.45) is 0.569. The van der Waals surface area contributed by atoms with E-state index in [9.17, 15) is 8.42 Å². The predicted molar refractivity (Wildman–Crippen MR) is 74.9 cm³/mol. The summed E-state index contributed by atoms with van der Waals surface area (Å²) in [5.74, 6) is 0. The van der Waals surface area contributed by atoms with Gasteiger partial charge in [0.1, 0.15) is 0 Å². The summed E-state index contributed by atoms with van der Waals surface area (Å²) in [4.78, 5) is 0. The number of hydrogen-bond acceptors (Lipinski definition) is 7. The molecular formula is C11H28O8S. The van der Waals surface area contributed by atoms with Crippen molar-refractivity contribution >= 4 is 10.4 Å². The summed E-state index contributed by atoms with van der Waals surface area (Å²) in [6.45, 7) is 8.14. The summed E-state index contributed by atoms with van der Waals surface area (Å²) in [7, 11) is -4.19. The molecule has 20 heavy (non-hydrogen) atoms. The van der Waals surface area contributed by atoms with Crippen LogP contribution in [-0.4, -0.2) is 69.4 Å². The molecule has 9 heteroatoms. The zero-order valence-electron chi connectivity index (χ0n) is 12.4. The number of ether oxygens (including phenoxy) is 2. The molecule has 0 heterocycles. The first-order valence-electron chi connectivity index (χ1n) is 6.38. The first kappa shape index (κ1) is 24.7. The maximum Gasteiger partial charge on any atom is 0.397 e. The molecule has 3 N–H and O–H groups in total. The van der Waals surface area contributed by atoms with Crippen LogP contribution in [0.1, 0.15) is 27.2 Å². The van der Waals surface area contributed by atoms with Crippen molar-refractivity contribution in [2.45, 2.75) is 27.2 Å². The lowest BCUT2D eigenvalue weighted by atomic mass is 10.5. The monoisotopic (exact) mass is 320 g/mol. The van der Waals surface area contributed by atoms with Crippen molar-refractivity contribution in [2.75, 3.05) is 46.2 Å². The molecule has 0 fully saturated rings. The van der Waals surface area contributed by atoms with E-state index in [1.54, 1.807) is 6.92 Å². The van der Waals surface area contributed by atoms with Crippen LogP contribution in [0.2, 0.25) is 0 Å². The second-order valence-corrected chi connectivity index (χ2v) is 4.18. The highest BCUT2D eigenvalue weighted by Gasteiger charge is 1.99. The molecule has 0 unspecified atom stereocenters. The smallest absolute Gasteiger partial charge is 0.394 e. The van der Waals surface area contributed by atoms with E-state index in [1.807, 2.05) is 13.8 Å². The SMILES string of the molecule is CCCOS(=O)(=O)O.CCOCC.OCCOCCO. The molecule has 0 radical (unpaired) electrons. The average molecular weight is 320 g/mol. The summed E-state index contributed by atoms with van der Waals surface area (Å²) in [5.41, 5.74) is 0. The molecule has 0 aromatic heterocycles. The molecule has 0 saturated carbocycles. The maximum atomic E-state index is 9.72. The van der Waals surface area contributed by atoms with Gasteiger partial charge in [-0.15, -0.1) is 0 Å². The molecule has 0 rings (SSSR count). The molecule has 0 aliphatic heterocycles. The standard InChI is InChI=1S/C4H10O3.C4H10O.C3H8O4S/c5-1-3-7-4-2-6;1-3-5-4-2;1-2-3-7-8(4,5)6/h5-6H,1-4H2;3-4H2,1-2H3;2-3H2,1H3,(H,4,5,6). The second kappa shape index (κ2) is 21.0. The minimum atomic E-state index is -4.19. The summed E-state index contributed by atoms with van der Waals surface area (Å²) < 4.78 is 40.7. The van der Waals surface area contributed by atoms with E-state index in [4.69, 9.17) is 19.5 Å². The van der Waals surface area contributed by atoms with Crippen molar-refractivity contribution < 1.29 is 36.8 Å². The normalized spacial score (nSPS) is 10.1. The minimum Gasteiger partial charge on any atom is -0.394 e. The van der Waals surface area contributed by atoms with Crippen LogP contribution >= 0.6 is 0 Å². The van der Waals surface area contributed by atoms with Crippen molar-refractivity contribution in [1.29, 1.82) is 0 Å². The third kappa shape index (κ3) is 43.1. The number of aliphatic hydroxyl groups is 2. The molecule has 8 nitrogen and oxygen atoms in total. The Kier molecular flexibility index (Phi) is 26.0. The van der Waals surface area contributed by atoms with E-state index in [0.29, 0.717) is 19.6 Å². The summed E-state index contributed by atoms with van der Waals surface area (Å²) >= 11 is 0. The van der Waals surface area contributed by atoms with Crippen molar-refractivity contribution in [3.8, 4) is 0 Å². The van der Waals surface area contributed by atoms with Gasteiger partial charge >= 0.3 is 10.4 Å². The molecular weight excluding hydrogens is 292 g/mol. The van der Waals surface area contributed by atoms with Gasteiger partial charge in [0.2, 0.25) is 0 Å². The van der Waals surface area contributed by atoms with Crippen LogP contribution < -0.4 is 0 Å². The van der Waals surface area contributed by atoms with Crippen molar-refractivity contribution in [2.24, 2.45) is 0 Å². The summed E-state index contributed by atoms with van der Waals surface area (Å²) in [6, 6.07) is 0. The third-order valence-corrected chi connectivity index (χ3v) is 1.78. The van der Waals surface area contributed by atoms with Gasteiger partial charge in [-0.05, 0) is 20.3 Å². The quantitative estimate of drug-likeness (QED) is 0.408. The minimum absolute atomic E-state index is 0.0278. The Hall–Kier alpha value is -0.290. The third-order valence-electron chi connectivity index (χ3n) is 1.32. The lowest BCUT2D eigenvalue weighted by Crippen LogP contribution is -2.03. The molecule has 0 atom stereocenters. The van der Waals surface area contributed by atoms with Crippen LogP contribution in [0.15, 0.2) is 0 Å². The van der Waals surface area contributed by atoms with Gasteiger partial charge < -0.3 is 19.7 Å². The lowest BCUT2D eigenvalue weighted by Gasteiger charge is -1.94. The van der Waals surface area contributed by atoms with Gasteiger partial charge in [-0.3, -0.25) is 4.55 Å². The average Bonchev–Trinajstić information content (AvgIpc) is 2.39.